The maximum Gasteiger partial charge on any atom is 0.326 e. The fourth-order valence-corrected chi connectivity index (χ4v) is 4.47. The molecule has 4 N–H and O–H groups in total. The first-order valence-corrected chi connectivity index (χ1v) is 11.9. The monoisotopic (exact) mass is 466 g/mol. The number of rotatable bonds is 7. The van der Waals surface area contributed by atoms with Gasteiger partial charge in [-0.05, 0) is 38.8 Å². The minimum Gasteiger partial charge on any atom is -0.493 e. The number of nitrogens with zero attached hydrogens (tertiary/aromatic N) is 7. The lowest BCUT2D eigenvalue weighted by Crippen LogP contribution is -2.47. The SMILES string of the molecule is CN1CCN(CC2(CNc3nc(=NC4CC4)n4nc/c(=C/c5[nH]c(=O)[nH]c5O)c4n3)CC2)CC1. The van der Waals surface area contributed by atoms with E-state index in [-0.39, 0.29) is 23.0 Å². The molecule has 4 heterocycles. The molecule has 0 spiro atoms. The quantitative estimate of drug-likeness (QED) is 0.344. The Labute approximate surface area is 195 Å². The number of hydrogen-bond donors (Lipinski definition) is 4. The summed E-state index contributed by atoms with van der Waals surface area (Å²) in [5, 5.41) is 18.5. The zero-order valence-electron chi connectivity index (χ0n) is 19.3. The lowest BCUT2D eigenvalue weighted by Gasteiger charge is -2.34. The Kier molecular flexibility index (Phi) is 5.14. The van der Waals surface area contributed by atoms with Crippen molar-refractivity contribution >= 4 is 17.7 Å². The Morgan fingerprint density at radius 2 is 2.03 bits per heavy atom. The number of fused-ring (bicyclic) bond motifs is 1. The van der Waals surface area contributed by atoms with Gasteiger partial charge in [-0.1, -0.05) is 0 Å². The fraction of sp³-hybridized carbons (Fsp3) is 0.591. The maximum absolute atomic E-state index is 11.5. The third kappa shape index (κ3) is 4.42. The third-order valence-electron chi connectivity index (χ3n) is 6.99. The number of aromatic hydroxyl groups is 1. The van der Waals surface area contributed by atoms with Crippen LogP contribution in [0.4, 0.5) is 5.95 Å². The van der Waals surface area contributed by atoms with Crippen LogP contribution in [0.3, 0.4) is 0 Å². The molecule has 3 aromatic rings. The van der Waals surface area contributed by atoms with E-state index in [0.29, 0.717) is 22.4 Å². The Morgan fingerprint density at radius 3 is 2.71 bits per heavy atom. The summed E-state index contributed by atoms with van der Waals surface area (Å²) in [6, 6.07) is 0.277. The van der Waals surface area contributed by atoms with Gasteiger partial charge in [-0.25, -0.2) is 9.79 Å². The van der Waals surface area contributed by atoms with E-state index in [2.05, 4.69) is 42.2 Å². The predicted molar refractivity (Wildman–Crippen MR) is 125 cm³/mol. The fourth-order valence-electron chi connectivity index (χ4n) is 4.47. The van der Waals surface area contributed by atoms with Gasteiger partial charge in [0.1, 0.15) is 5.69 Å². The van der Waals surface area contributed by atoms with Crippen LogP contribution >= 0.6 is 0 Å². The molecule has 1 aliphatic heterocycles. The van der Waals surface area contributed by atoms with E-state index in [1.54, 1.807) is 16.8 Å². The number of anilines is 1. The van der Waals surface area contributed by atoms with Crippen molar-refractivity contribution in [3.05, 3.63) is 33.2 Å². The Balaban J connectivity index is 1.29. The highest BCUT2D eigenvalue weighted by atomic mass is 16.3. The van der Waals surface area contributed by atoms with E-state index in [0.717, 1.165) is 52.1 Å². The highest BCUT2D eigenvalue weighted by Gasteiger charge is 2.44. The zero-order chi connectivity index (χ0) is 23.3. The van der Waals surface area contributed by atoms with Crippen molar-refractivity contribution in [2.24, 2.45) is 10.4 Å². The topological polar surface area (TPSA) is 143 Å². The first-order valence-electron chi connectivity index (χ1n) is 11.9. The van der Waals surface area contributed by atoms with Crippen molar-refractivity contribution < 1.29 is 5.11 Å². The summed E-state index contributed by atoms with van der Waals surface area (Å²) in [6.45, 7) is 6.40. The molecule has 0 radical (unpaired) electrons. The van der Waals surface area contributed by atoms with Crippen LogP contribution in [0.1, 0.15) is 31.4 Å². The van der Waals surface area contributed by atoms with Crippen molar-refractivity contribution in [1.82, 2.24) is 39.3 Å². The number of H-pyrrole nitrogens is 2. The number of nitrogens with one attached hydrogen (secondary N) is 3. The van der Waals surface area contributed by atoms with E-state index >= 15 is 0 Å². The van der Waals surface area contributed by atoms with Crippen LogP contribution < -0.4 is 21.8 Å². The van der Waals surface area contributed by atoms with Crippen LogP contribution in [0.5, 0.6) is 5.88 Å². The average molecular weight is 467 g/mol. The van der Waals surface area contributed by atoms with Gasteiger partial charge in [0.2, 0.25) is 11.8 Å². The lowest BCUT2D eigenvalue weighted by atomic mass is 10.1. The van der Waals surface area contributed by atoms with Gasteiger partial charge in [-0.3, -0.25) is 4.98 Å². The Morgan fingerprint density at radius 1 is 1.24 bits per heavy atom. The van der Waals surface area contributed by atoms with Crippen LogP contribution in [0.2, 0.25) is 0 Å². The predicted octanol–water partition coefficient (Wildman–Crippen LogP) is -1.10. The van der Waals surface area contributed by atoms with E-state index in [4.69, 9.17) is 9.98 Å². The largest absolute Gasteiger partial charge is 0.493 e. The molecule has 1 saturated heterocycles. The van der Waals surface area contributed by atoms with Gasteiger partial charge in [0.05, 0.1) is 12.2 Å². The van der Waals surface area contributed by atoms with Crippen molar-refractivity contribution in [3.63, 3.8) is 0 Å². The summed E-state index contributed by atoms with van der Waals surface area (Å²) in [5.41, 5.74) is 1.16. The molecule has 3 aromatic heterocycles. The van der Waals surface area contributed by atoms with E-state index < -0.39 is 5.69 Å². The van der Waals surface area contributed by atoms with Gasteiger partial charge in [0.15, 0.2) is 5.65 Å². The molecule has 12 nitrogen and oxygen atoms in total. The standard InChI is InChI=1S/C22H30N10O2/c1-30-6-8-31(9-7-30)13-22(4-5-22)12-23-19-27-17-14(10-16-18(33)28-21(34)26-16)11-24-32(17)20(29-19)25-15-2-3-15/h10-11,15,33H,2-9,12-13H2,1H3,(H,23,25,29)(H2,26,28,34)/b14-10-. The summed E-state index contributed by atoms with van der Waals surface area (Å²) >= 11 is 0. The Hall–Kier alpha value is -3.25. The van der Waals surface area contributed by atoms with E-state index in [1.165, 1.54) is 12.8 Å². The number of piperazine rings is 1. The van der Waals surface area contributed by atoms with Crippen molar-refractivity contribution in [2.45, 2.75) is 31.7 Å². The molecule has 0 amide bonds. The van der Waals surface area contributed by atoms with Crippen molar-refractivity contribution in [2.75, 3.05) is 51.6 Å². The second-order valence-corrected chi connectivity index (χ2v) is 9.96. The molecule has 0 atom stereocenters. The molecule has 0 unspecified atom stereocenters. The number of aromatic nitrogens is 6. The minimum atomic E-state index is -0.475. The summed E-state index contributed by atoms with van der Waals surface area (Å²) in [4.78, 5) is 35.5. The summed E-state index contributed by atoms with van der Waals surface area (Å²) in [5.74, 6) is 0.303. The van der Waals surface area contributed by atoms with Gasteiger partial charge >= 0.3 is 5.69 Å². The maximum atomic E-state index is 11.5. The summed E-state index contributed by atoms with van der Waals surface area (Å²) in [7, 11) is 2.18. The molecule has 0 bridgehead atoms. The van der Waals surface area contributed by atoms with Crippen molar-refractivity contribution in [3.8, 4) is 5.88 Å². The molecule has 3 aliphatic rings. The summed E-state index contributed by atoms with van der Waals surface area (Å²) in [6.07, 6.45) is 7.81. The molecule has 3 fully saturated rings. The first-order chi connectivity index (χ1) is 16.5. The average Bonchev–Trinajstić information content (AvgIpc) is 3.72. The normalized spacial score (nSPS) is 22.0. The molecular formula is C22H30N10O2. The molecule has 180 valence electrons. The number of imidazole rings is 1. The van der Waals surface area contributed by atoms with E-state index in [9.17, 15) is 9.90 Å². The molecule has 6 rings (SSSR count). The smallest absolute Gasteiger partial charge is 0.326 e. The molecule has 34 heavy (non-hydrogen) atoms. The number of hydrogen-bond acceptors (Lipinski definition) is 9. The second-order valence-electron chi connectivity index (χ2n) is 9.96. The van der Waals surface area contributed by atoms with Crippen LogP contribution in [-0.4, -0.2) is 96.8 Å². The molecule has 0 aromatic carbocycles. The molecule has 2 saturated carbocycles. The third-order valence-corrected chi connectivity index (χ3v) is 6.99. The number of aromatic amines is 2. The Bertz CT molecular complexity index is 1370. The van der Waals surface area contributed by atoms with Crippen molar-refractivity contribution in [1.29, 1.82) is 0 Å². The van der Waals surface area contributed by atoms with Gasteiger partial charge in [0, 0.05) is 49.9 Å². The number of likely N-dealkylation sites (N-methyl/N-ethyl adjacent to an activating group) is 1. The van der Waals surface area contributed by atoms with Gasteiger partial charge in [0.25, 0.3) is 5.62 Å². The molecule has 12 heteroatoms. The van der Waals surface area contributed by atoms with Crippen LogP contribution in [0, 0.1) is 5.41 Å². The zero-order valence-corrected chi connectivity index (χ0v) is 19.3. The highest BCUT2D eigenvalue weighted by molar-refractivity contribution is 5.57. The lowest BCUT2D eigenvalue weighted by molar-refractivity contribution is 0.133. The second kappa shape index (κ2) is 8.20. The van der Waals surface area contributed by atoms with Gasteiger partial charge < -0.3 is 25.2 Å². The molecular weight excluding hydrogens is 436 g/mol. The minimum absolute atomic E-state index is 0.223. The van der Waals surface area contributed by atoms with Gasteiger partial charge in [-0.15, -0.1) is 0 Å². The van der Waals surface area contributed by atoms with E-state index in [1.807, 2.05) is 0 Å². The van der Waals surface area contributed by atoms with Crippen LogP contribution in [-0.2, 0) is 0 Å². The first kappa shape index (κ1) is 21.3. The van der Waals surface area contributed by atoms with Crippen LogP contribution in [0.15, 0.2) is 16.0 Å². The van der Waals surface area contributed by atoms with Gasteiger partial charge in [-0.2, -0.15) is 19.6 Å². The summed E-state index contributed by atoms with van der Waals surface area (Å²) < 4.78 is 1.62. The van der Waals surface area contributed by atoms with Crippen LogP contribution in [0.25, 0.3) is 11.7 Å². The highest BCUT2D eigenvalue weighted by Crippen LogP contribution is 2.46. The molecule has 2 aliphatic carbocycles.